The number of fused-ring (bicyclic) bond motifs is 1. The molecule has 2 atom stereocenters. The van der Waals surface area contributed by atoms with Crippen LogP contribution in [0, 0.1) is 5.82 Å². The summed E-state index contributed by atoms with van der Waals surface area (Å²) in [5.74, 6) is -0.777. The van der Waals surface area contributed by atoms with Crippen LogP contribution in [0.5, 0.6) is 5.75 Å². The Balaban J connectivity index is 1.43. The summed E-state index contributed by atoms with van der Waals surface area (Å²) < 4.78 is 24.9. The van der Waals surface area contributed by atoms with Crippen molar-refractivity contribution in [1.29, 1.82) is 0 Å². The van der Waals surface area contributed by atoms with Crippen molar-refractivity contribution in [1.82, 2.24) is 10.2 Å². The van der Waals surface area contributed by atoms with Crippen LogP contribution >= 0.6 is 11.8 Å². The summed E-state index contributed by atoms with van der Waals surface area (Å²) in [6.07, 6.45) is -0.678. The second-order valence-electron chi connectivity index (χ2n) is 6.85. The maximum absolute atomic E-state index is 13.8. The molecule has 1 aliphatic rings. The fraction of sp³-hybridized carbons (Fsp3) is 0.238. The van der Waals surface area contributed by atoms with Gasteiger partial charge in [0.1, 0.15) is 6.54 Å². The van der Waals surface area contributed by atoms with Crippen LogP contribution in [0.2, 0.25) is 0 Å². The topological polar surface area (TPSA) is 97.6 Å². The highest BCUT2D eigenvalue weighted by molar-refractivity contribution is 8.00. The van der Waals surface area contributed by atoms with E-state index in [1.165, 1.54) is 17.0 Å². The molecule has 1 N–H and O–H groups in total. The maximum Gasteiger partial charge on any atom is 0.277 e. The number of rotatable bonds is 6. The van der Waals surface area contributed by atoms with Crippen molar-refractivity contribution < 1.29 is 23.1 Å². The third-order valence-electron chi connectivity index (χ3n) is 4.57. The number of hydrogen-bond donors (Lipinski definition) is 1. The molecule has 0 aliphatic carbocycles. The Morgan fingerprint density at radius 3 is 2.74 bits per heavy atom. The van der Waals surface area contributed by atoms with Crippen LogP contribution < -0.4 is 15.0 Å². The molecule has 0 unspecified atom stereocenters. The maximum atomic E-state index is 13.8. The minimum atomic E-state index is -0.678. The normalized spacial score (nSPS) is 15.1. The summed E-state index contributed by atoms with van der Waals surface area (Å²) in [7, 11) is 0. The van der Waals surface area contributed by atoms with Crippen LogP contribution in [0.1, 0.15) is 25.8 Å². The predicted molar refractivity (Wildman–Crippen MR) is 112 cm³/mol. The predicted octanol–water partition coefficient (Wildman–Crippen LogP) is 3.81. The molecule has 10 heteroatoms. The van der Waals surface area contributed by atoms with E-state index in [0.717, 1.165) is 11.8 Å². The lowest BCUT2D eigenvalue weighted by molar-refractivity contribution is -0.121. The van der Waals surface area contributed by atoms with Gasteiger partial charge in [0.05, 0.1) is 16.6 Å². The van der Waals surface area contributed by atoms with Crippen molar-refractivity contribution in [3.8, 4) is 5.75 Å². The molecule has 31 heavy (non-hydrogen) atoms. The molecule has 0 saturated carbocycles. The molecular weight excluding hydrogens is 423 g/mol. The van der Waals surface area contributed by atoms with Gasteiger partial charge in [0.15, 0.2) is 17.7 Å². The SMILES string of the molecule is C[C@H](Sc1nnc([C@@H](C)Oc2ccccc2F)o1)C(=O)N1CC(=O)Nc2ccccc21. The zero-order valence-corrected chi connectivity index (χ0v) is 17.6. The second kappa shape index (κ2) is 8.76. The zero-order chi connectivity index (χ0) is 22.0. The minimum absolute atomic E-state index is 0.0661. The zero-order valence-electron chi connectivity index (χ0n) is 16.7. The minimum Gasteiger partial charge on any atom is -0.478 e. The Morgan fingerprint density at radius 1 is 1.19 bits per heavy atom. The van der Waals surface area contributed by atoms with Gasteiger partial charge < -0.3 is 14.5 Å². The number of nitrogens with one attached hydrogen (secondary N) is 1. The fourth-order valence-corrected chi connectivity index (χ4v) is 3.82. The Bertz CT molecular complexity index is 1120. The number of nitrogens with zero attached hydrogens (tertiary/aromatic N) is 3. The largest absolute Gasteiger partial charge is 0.478 e. The highest BCUT2D eigenvalue weighted by Gasteiger charge is 2.31. The number of thioether (sulfide) groups is 1. The molecule has 2 aromatic carbocycles. The van der Waals surface area contributed by atoms with Crippen molar-refractivity contribution in [3.63, 3.8) is 0 Å². The summed E-state index contributed by atoms with van der Waals surface area (Å²) in [5.41, 5.74) is 1.22. The average Bonchev–Trinajstić information content (AvgIpc) is 3.22. The first-order valence-electron chi connectivity index (χ1n) is 9.54. The van der Waals surface area contributed by atoms with E-state index in [1.807, 2.05) is 0 Å². The molecule has 3 aromatic rings. The summed E-state index contributed by atoms with van der Waals surface area (Å²) in [4.78, 5) is 26.4. The molecule has 0 fully saturated rings. The molecule has 0 saturated heterocycles. The van der Waals surface area contributed by atoms with Crippen LogP contribution in [-0.4, -0.2) is 33.8 Å². The van der Waals surface area contributed by atoms with E-state index in [9.17, 15) is 14.0 Å². The summed E-state index contributed by atoms with van der Waals surface area (Å²) in [6, 6.07) is 13.1. The van der Waals surface area contributed by atoms with E-state index >= 15 is 0 Å². The second-order valence-corrected chi connectivity index (χ2v) is 8.14. The lowest BCUT2D eigenvalue weighted by Gasteiger charge is -2.30. The molecule has 0 bridgehead atoms. The molecule has 0 spiro atoms. The van der Waals surface area contributed by atoms with Gasteiger partial charge in [-0.1, -0.05) is 36.0 Å². The van der Waals surface area contributed by atoms with Gasteiger partial charge in [0.2, 0.25) is 11.8 Å². The number of halogens is 1. The first-order chi connectivity index (χ1) is 14.9. The Kier molecular flexibility index (Phi) is 5.90. The van der Waals surface area contributed by atoms with E-state index < -0.39 is 17.2 Å². The summed E-state index contributed by atoms with van der Waals surface area (Å²) >= 11 is 1.08. The van der Waals surface area contributed by atoms with E-state index in [0.29, 0.717) is 11.4 Å². The molecule has 2 heterocycles. The van der Waals surface area contributed by atoms with E-state index in [2.05, 4.69) is 15.5 Å². The Labute approximate surface area is 181 Å². The van der Waals surface area contributed by atoms with Crippen LogP contribution in [-0.2, 0) is 9.59 Å². The molecule has 0 radical (unpaired) electrons. The highest BCUT2D eigenvalue weighted by Crippen LogP contribution is 2.32. The molecule has 2 amide bonds. The van der Waals surface area contributed by atoms with Gasteiger partial charge in [-0.15, -0.1) is 10.2 Å². The Hall–Kier alpha value is -3.40. The molecule has 1 aromatic heterocycles. The van der Waals surface area contributed by atoms with Gasteiger partial charge in [0, 0.05) is 0 Å². The van der Waals surface area contributed by atoms with Crippen molar-refractivity contribution in [3.05, 3.63) is 60.2 Å². The molecule has 1 aliphatic heterocycles. The third-order valence-corrected chi connectivity index (χ3v) is 5.49. The highest BCUT2D eigenvalue weighted by atomic mass is 32.2. The number of carbonyl (C=O) groups is 2. The van der Waals surface area contributed by atoms with E-state index in [1.54, 1.807) is 50.2 Å². The van der Waals surface area contributed by atoms with Crippen molar-refractivity contribution in [2.45, 2.75) is 30.4 Å². The average molecular weight is 442 g/mol. The number of benzene rings is 2. The van der Waals surface area contributed by atoms with E-state index in [-0.39, 0.29) is 35.2 Å². The standard InChI is InChI=1S/C21H19FN4O4S/c1-12(29-17-10-6-3-7-14(17)22)19-24-25-21(30-19)31-13(2)20(28)26-11-18(27)23-15-8-4-5-9-16(15)26/h3-10,12-13H,11H2,1-2H3,(H,23,27)/t12-,13+/m1/s1. The van der Waals surface area contributed by atoms with Crippen LogP contribution in [0.25, 0.3) is 0 Å². The molecule has 4 rings (SSSR count). The van der Waals surface area contributed by atoms with Gasteiger partial charge in [-0.2, -0.15) is 0 Å². The Morgan fingerprint density at radius 2 is 1.94 bits per heavy atom. The summed E-state index contributed by atoms with van der Waals surface area (Å²) in [6.45, 7) is 3.29. The van der Waals surface area contributed by atoms with Crippen molar-refractivity contribution in [2.75, 3.05) is 16.8 Å². The van der Waals surface area contributed by atoms with Gasteiger partial charge in [-0.25, -0.2) is 4.39 Å². The van der Waals surface area contributed by atoms with Gasteiger partial charge >= 0.3 is 0 Å². The quantitative estimate of drug-likeness (QED) is 0.580. The lowest BCUT2D eigenvalue weighted by Crippen LogP contribution is -2.45. The van der Waals surface area contributed by atoms with Crippen LogP contribution in [0.4, 0.5) is 15.8 Å². The van der Waals surface area contributed by atoms with Crippen molar-refractivity contribution >= 4 is 35.0 Å². The van der Waals surface area contributed by atoms with Gasteiger partial charge in [-0.05, 0) is 38.1 Å². The lowest BCUT2D eigenvalue weighted by atomic mass is 10.2. The monoisotopic (exact) mass is 442 g/mol. The van der Waals surface area contributed by atoms with Crippen LogP contribution in [0.3, 0.4) is 0 Å². The fourth-order valence-electron chi connectivity index (χ4n) is 3.06. The number of ether oxygens (including phenoxy) is 1. The number of carbonyl (C=O) groups excluding carboxylic acids is 2. The van der Waals surface area contributed by atoms with Gasteiger partial charge in [0.25, 0.3) is 11.1 Å². The molecular formula is C21H19FN4O4S. The van der Waals surface area contributed by atoms with Gasteiger partial charge in [-0.3, -0.25) is 14.5 Å². The number of hydrogen-bond acceptors (Lipinski definition) is 7. The van der Waals surface area contributed by atoms with E-state index in [4.69, 9.17) is 9.15 Å². The van der Waals surface area contributed by atoms with Crippen molar-refractivity contribution in [2.24, 2.45) is 0 Å². The number of aromatic nitrogens is 2. The third kappa shape index (κ3) is 4.53. The number of para-hydroxylation sites is 3. The smallest absolute Gasteiger partial charge is 0.277 e. The number of anilines is 2. The molecule has 8 nitrogen and oxygen atoms in total. The first-order valence-corrected chi connectivity index (χ1v) is 10.4. The first kappa shape index (κ1) is 20.9. The summed E-state index contributed by atoms with van der Waals surface area (Å²) in [5, 5.41) is 10.2. The number of amides is 2. The van der Waals surface area contributed by atoms with Crippen LogP contribution in [0.15, 0.2) is 58.2 Å². The molecule has 160 valence electrons.